The summed E-state index contributed by atoms with van der Waals surface area (Å²) in [7, 11) is 0. The number of hydrogen-bond acceptors (Lipinski definition) is 1. The predicted molar refractivity (Wildman–Crippen MR) is 85.2 cm³/mol. The largest absolute Gasteiger partial charge is 0.289 e. The van der Waals surface area contributed by atoms with Gasteiger partial charge in [-0.25, -0.2) is 0 Å². The highest BCUT2D eigenvalue weighted by Crippen LogP contribution is 2.35. The van der Waals surface area contributed by atoms with Crippen LogP contribution in [-0.2, 0) is 0 Å². The first kappa shape index (κ1) is 13.9. The quantitative estimate of drug-likeness (QED) is 0.772. The molecule has 1 saturated heterocycles. The number of likely N-dealkylation sites (tertiary alicyclic amines) is 1. The third-order valence-corrected chi connectivity index (χ3v) is 4.39. The number of rotatable bonds is 3. The molecule has 1 unspecified atom stereocenters. The number of hydrogen-bond donors (Lipinski definition) is 0. The van der Waals surface area contributed by atoms with Gasteiger partial charge >= 0.3 is 0 Å². The Morgan fingerprint density at radius 3 is 1.65 bits per heavy atom. The molecule has 20 heavy (non-hydrogen) atoms. The molecule has 1 aliphatic rings. The molecule has 2 aromatic carbocycles. The summed E-state index contributed by atoms with van der Waals surface area (Å²) in [6.07, 6.45) is 2.32. The lowest BCUT2D eigenvalue weighted by molar-refractivity contribution is 0.128. The van der Waals surface area contributed by atoms with Crippen molar-refractivity contribution in [2.24, 2.45) is 0 Å². The van der Waals surface area contributed by atoms with Gasteiger partial charge in [-0.1, -0.05) is 47.5 Å². The summed E-state index contributed by atoms with van der Waals surface area (Å²) in [5.74, 6) is 0. The SMILES string of the molecule is CC1[CH]CN1C(c1ccc(Cl)cc1)c1ccc(Cl)cc1. The Labute approximate surface area is 130 Å². The van der Waals surface area contributed by atoms with Gasteiger partial charge < -0.3 is 0 Å². The third-order valence-electron chi connectivity index (χ3n) is 3.88. The summed E-state index contributed by atoms with van der Waals surface area (Å²) < 4.78 is 0. The van der Waals surface area contributed by atoms with E-state index in [-0.39, 0.29) is 6.04 Å². The maximum atomic E-state index is 6.00. The van der Waals surface area contributed by atoms with E-state index in [9.17, 15) is 0 Å². The molecule has 1 atom stereocenters. The van der Waals surface area contributed by atoms with Crippen molar-refractivity contribution >= 4 is 23.2 Å². The van der Waals surface area contributed by atoms with E-state index in [0.717, 1.165) is 16.6 Å². The van der Waals surface area contributed by atoms with Crippen LogP contribution < -0.4 is 0 Å². The zero-order valence-corrected chi connectivity index (χ0v) is 12.8. The van der Waals surface area contributed by atoms with Crippen LogP contribution >= 0.6 is 23.2 Å². The molecule has 0 saturated carbocycles. The van der Waals surface area contributed by atoms with Gasteiger partial charge in [0, 0.05) is 22.6 Å². The molecule has 0 bridgehead atoms. The molecule has 1 aliphatic heterocycles. The second-order valence-corrected chi connectivity index (χ2v) is 6.05. The number of nitrogens with zero attached hydrogens (tertiary/aromatic N) is 1. The summed E-state index contributed by atoms with van der Waals surface area (Å²) in [6.45, 7) is 3.24. The standard InChI is InChI=1S/C17H16Cl2N/c1-12-10-11-20(12)17(13-2-6-15(18)7-3-13)14-4-8-16(19)9-5-14/h2-10,12,17H,11H2,1H3. The first-order valence-corrected chi connectivity index (χ1v) is 7.51. The molecule has 0 N–H and O–H groups in total. The molecule has 103 valence electrons. The van der Waals surface area contributed by atoms with Crippen molar-refractivity contribution in [2.75, 3.05) is 6.54 Å². The molecule has 1 fully saturated rings. The lowest BCUT2D eigenvalue weighted by Gasteiger charge is -2.44. The number of benzene rings is 2. The molecule has 3 heteroatoms. The Bertz CT molecular complexity index is 531. The van der Waals surface area contributed by atoms with Crippen molar-refractivity contribution in [3.63, 3.8) is 0 Å². The van der Waals surface area contributed by atoms with Crippen LogP contribution in [-0.4, -0.2) is 17.5 Å². The normalized spacial score (nSPS) is 19.1. The second kappa shape index (κ2) is 5.77. The topological polar surface area (TPSA) is 3.24 Å². The highest BCUT2D eigenvalue weighted by Gasteiger charge is 2.32. The molecule has 1 radical (unpaired) electrons. The highest BCUT2D eigenvalue weighted by atomic mass is 35.5. The minimum Gasteiger partial charge on any atom is -0.289 e. The average molecular weight is 305 g/mol. The van der Waals surface area contributed by atoms with E-state index < -0.39 is 0 Å². The summed E-state index contributed by atoms with van der Waals surface area (Å²) in [5.41, 5.74) is 2.52. The summed E-state index contributed by atoms with van der Waals surface area (Å²) >= 11 is 12.0. The first-order valence-electron chi connectivity index (χ1n) is 6.75. The summed E-state index contributed by atoms with van der Waals surface area (Å²) in [5, 5.41) is 1.54. The van der Waals surface area contributed by atoms with Crippen molar-refractivity contribution in [1.29, 1.82) is 0 Å². The zero-order chi connectivity index (χ0) is 14.1. The lowest BCUT2D eigenvalue weighted by atomic mass is 9.91. The van der Waals surface area contributed by atoms with E-state index in [1.807, 2.05) is 24.3 Å². The Balaban J connectivity index is 1.99. The van der Waals surface area contributed by atoms with Crippen LogP contribution in [0, 0.1) is 6.42 Å². The Kier molecular flexibility index (Phi) is 4.02. The maximum absolute atomic E-state index is 6.00. The van der Waals surface area contributed by atoms with Gasteiger partial charge in [0.05, 0.1) is 6.04 Å². The van der Waals surface area contributed by atoms with E-state index in [4.69, 9.17) is 23.2 Å². The smallest absolute Gasteiger partial charge is 0.0604 e. The monoisotopic (exact) mass is 304 g/mol. The van der Waals surface area contributed by atoms with Gasteiger partial charge in [-0.3, -0.25) is 4.90 Å². The fourth-order valence-electron chi connectivity index (χ4n) is 2.64. The van der Waals surface area contributed by atoms with Crippen LogP contribution in [0.4, 0.5) is 0 Å². The molecule has 1 nitrogen and oxygen atoms in total. The van der Waals surface area contributed by atoms with Gasteiger partial charge in [0.15, 0.2) is 0 Å². The molecule has 0 aliphatic carbocycles. The molecule has 1 heterocycles. The van der Waals surface area contributed by atoms with Crippen molar-refractivity contribution in [2.45, 2.75) is 19.0 Å². The second-order valence-electron chi connectivity index (χ2n) is 5.18. The average Bonchev–Trinajstić information content (AvgIpc) is 2.45. The van der Waals surface area contributed by atoms with Crippen molar-refractivity contribution in [3.05, 3.63) is 76.1 Å². The van der Waals surface area contributed by atoms with Gasteiger partial charge in [0.25, 0.3) is 0 Å². The molecular formula is C17H16Cl2N. The molecule has 0 spiro atoms. The van der Waals surface area contributed by atoms with Crippen LogP contribution in [0.1, 0.15) is 24.1 Å². The Morgan fingerprint density at radius 2 is 1.35 bits per heavy atom. The first-order chi connectivity index (χ1) is 9.65. The van der Waals surface area contributed by atoms with E-state index in [1.54, 1.807) is 0 Å². The fraction of sp³-hybridized carbons (Fsp3) is 0.235. The van der Waals surface area contributed by atoms with Crippen molar-refractivity contribution in [3.8, 4) is 0 Å². The third kappa shape index (κ3) is 2.71. The molecule has 0 aromatic heterocycles. The fourth-order valence-corrected chi connectivity index (χ4v) is 2.90. The van der Waals surface area contributed by atoms with Crippen molar-refractivity contribution in [1.82, 2.24) is 4.90 Å². The Morgan fingerprint density at radius 1 is 0.900 bits per heavy atom. The lowest BCUT2D eigenvalue weighted by Crippen LogP contribution is -2.48. The molecule has 3 rings (SSSR count). The predicted octanol–water partition coefficient (Wildman–Crippen LogP) is 4.99. The Hall–Kier alpha value is -1.02. The zero-order valence-electron chi connectivity index (χ0n) is 11.3. The molecule has 2 aromatic rings. The summed E-state index contributed by atoms with van der Waals surface area (Å²) in [4.78, 5) is 2.46. The minimum absolute atomic E-state index is 0.254. The van der Waals surface area contributed by atoms with Crippen molar-refractivity contribution < 1.29 is 0 Å². The van der Waals surface area contributed by atoms with Crippen LogP contribution in [0.3, 0.4) is 0 Å². The van der Waals surface area contributed by atoms with Gasteiger partial charge in [-0.15, -0.1) is 0 Å². The van der Waals surface area contributed by atoms with Gasteiger partial charge in [-0.2, -0.15) is 0 Å². The van der Waals surface area contributed by atoms with E-state index in [1.165, 1.54) is 11.1 Å². The van der Waals surface area contributed by atoms with Crippen LogP contribution in [0.2, 0.25) is 10.0 Å². The molecular weight excluding hydrogens is 289 g/mol. The van der Waals surface area contributed by atoms with Gasteiger partial charge in [0.1, 0.15) is 0 Å². The number of halogens is 2. The summed E-state index contributed by atoms with van der Waals surface area (Å²) in [6, 6.07) is 17.0. The van der Waals surface area contributed by atoms with E-state index >= 15 is 0 Å². The van der Waals surface area contributed by atoms with Crippen LogP contribution in [0.25, 0.3) is 0 Å². The van der Waals surface area contributed by atoms with E-state index in [2.05, 4.69) is 42.5 Å². The van der Waals surface area contributed by atoms with Crippen LogP contribution in [0.15, 0.2) is 48.5 Å². The maximum Gasteiger partial charge on any atom is 0.0604 e. The van der Waals surface area contributed by atoms with Gasteiger partial charge in [0.2, 0.25) is 0 Å². The van der Waals surface area contributed by atoms with E-state index in [0.29, 0.717) is 6.04 Å². The highest BCUT2D eigenvalue weighted by molar-refractivity contribution is 6.30. The van der Waals surface area contributed by atoms with Crippen LogP contribution in [0.5, 0.6) is 0 Å². The minimum atomic E-state index is 0.254. The molecule has 0 amide bonds. The van der Waals surface area contributed by atoms with Gasteiger partial charge in [-0.05, 0) is 48.7 Å².